The van der Waals surface area contributed by atoms with Gasteiger partial charge in [0.05, 0.1) is 11.9 Å². The lowest BCUT2D eigenvalue weighted by molar-refractivity contribution is 0.0944. The summed E-state index contributed by atoms with van der Waals surface area (Å²) in [6.07, 6.45) is 4.60. The van der Waals surface area contributed by atoms with Gasteiger partial charge in [-0.25, -0.2) is 8.42 Å². The van der Waals surface area contributed by atoms with Crippen LogP contribution in [0.2, 0.25) is 0 Å². The Bertz CT molecular complexity index is 598. The van der Waals surface area contributed by atoms with Crippen LogP contribution in [0, 0.1) is 6.92 Å². The SMILES string of the molecule is Cc1n[nH]nc1C(=O)NCC[C@H]1CCCCN1S(C)(=O)=O. The average molecular weight is 315 g/mol. The third-order valence-corrected chi connectivity index (χ3v) is 5.03. The first-order valence-corrected chi connectivity index (χ1v) is 8.87. The van der Waals surface area contributed by atoms with E-state index in [-0.39, 0.29) is 17.6 Å². The lowest BCUT2D eigenvalue weighted by atomic mass is 10.0. The Kier molecular flexibility index (Phi) is 4.94. The minimum Gasteiger partial charge on any atom is -0.351 e. The Labute approximate surface area is 124 Å². The molecule has 0 unspecified atom stereocenters. The Hall–Kier alpha value is -1.48. The maximum Gasteiger partial charge on any atom is 0.273 e. The molecule has 1 saturated heterocycles. The second-order valence-corrected chi connectivity index (χ2v) is 7.26. The van der Waals surface area contributed by atoms with Crippen LogP contribution in [0.25, 0.3) is 0 Å². The molecule has 0 saturated carbocycles. The number of amides is 1. The lowest BCUT2D eigenvalue weighted by Gasteiger charge is -2.33. The largest absolute Gasteiger partial charge is 0.351 e. The van der Waals surface area contributed by atoms with E-state index in [1.807, 2.05) is 0 Å². The van der Waals surface area contributed by atoms with Gasteiger partial charge in [0.25, 0.3) is 5.91 Å². The number of nitrogens with zero attached hydrogens (tertiary/aromatic N) is 3. The number of hydrogen-bond donors (Lipinski definition) is 2. The normalized spacial score (nSPS) is 20.4. The van der Waals surface area contributed by atoms with E-state index in [2.05, 4.69) is 20.7 Å². The molecule has 0 radical (unpaired) electrons. The zero-order valence-corrected chi connectivity index (χ0v) is 13.1. The van der Waals surface area contributed by atoms with Crippen molar-refractivity contribution in [3.8, 4) is 0 Å². The van der Waals surface area contributed by atoms with Crippen LogP contribution in [0.1, 0.15) is 41.9 Å². The van der Waals surface area contributed by atoms with E-state index in [9.17, 15) is 13.2 Å². The van der Waals surface area contributed by atoms with E-state index in [1.165, 1.54) is 6.26 Å². The molecule has 1 aliphatic rings. The van der Waals surface area contributed by atoms with Crippen molar-refractivity contribution in [2.45, 2.75) is 38.6 Å². The van der Waals surface area contributed by atoms with Crippen molar-refractivity contribution in [2.24, 2.45) is 0 Å². The van der Waals surface area contributed by atoms with Gasteiger partial charge in [-0.2, -0.15) is 19.7 Å². The van der Waals surface area contributed by atoms with E-state index >= 15 is 0 Å². The Balaban J connectivity index is 1.87. The molecule has 0 bridgehead atoms. The minimum atomic E-state index is -3.18. The highest BCUT2D eigenvalue weighted by molar-refractivity contribution is 7.88. The molecule has 9 heteroatoms. The number of nitrogens with one attached hydrogen (secondary N) is 2. The van der Waals surface area contributed by atoms with Crippen LogP contribution >= 0.6 is 0 Å². The number of carbonyl (C=O) groups is 1. The molecule has 1 aliphatic heterocycles. The van der Waals surface area contributed by atoms with Crippen molar-refractivity contribution in [3.63, 3.8) is 0 Å². The second-order valence-electron chi connectivity index (χ2n) is 5.33. The Morgan fingerprint density at radius 2 is 2.19 bits per heavy atom. The van der Waals surface area contributed by atoms with Crippen molar-refractivity contribution < 1.29 is 13.2 Å². The van der Waals surface area contributed by atoms with E-state index in [0.29, 0.717) is 25.2 Å². The van der Waals surface area contributed by atoms with Crippen LogP contribution in [-0.4, -0.2) is 59.4 Å². The van der Waals surface area contributed by atoms with Gasteiger partial charge in [-0.05, 0) is 26.2 Å². The smallest absolute Gasteiger partial charge is 0.273 e. The summed E-state index contributed by atoms with van der Waals surface area (Å²) in [5.41, 5.74) is 0.821. The van der Waals surface area contributed by atoms with Gasteiger partial charge in [0.1, 0.15) is 0 Å². The summed E-state index contributed by atoms with van der Waals surface area (Å²) < 4.78 is 25.0. The molecule has 1 aromatic rings. The molecule has 2 N–H and O–H groups in total. The monoisotopic (exact) mass is 315 g/mol. The maximum absolute atomic E-state index is 11.9. The highest BCUT2D eigenvalue weighted by Gasteiger charge is 2.29. The fourth-order valence-corrected chi connectivity index (χ4v) is 3.85. The van der Waals surface area contributed by atoms with Crippen LogP contribution in [0.4, 0.5) is 0 Å². The number of piperidine rings is 1. The Morgan fingerprint density at radius 1 is 1.43 bits per heavy atom. The van der Waals surface area contributed by atoms with Gasteiger partial charge >= 0.3 is 0 Å². The first-order chi connectivity index (χ1) is 9.89. The maximum atomic E-state index is 11.9. The van der Waals surface area contributed by atoms with Gasteiger partial charge in [-0.3, -0.25) is 4.79 Å². The molecule has 2 heterocycles. The summed E-state index contributed by atoms with van der Waals surface area (Å²) in [4.78, 5) is 11.9. The summed E-state index contributed by atoms with van der Waals surface area (Å²) in [6.45, 7) is 2.69. The van der Waals surface area contributed by atoms with Crippen molar-refractivity contribution in [3.05, 3.63) is 11.4 Å². The number of sulfonamides is 1. The van der Waals surface area contributed by atoms with Gasteiger partial charge < -0.3 is 5.32 Å². The number of aryl methyl sites for hydroxylation is 1. The van der Waals surface area contributed by atoms with Crippen molar-refractivity contribution >= 4 is 15.9 Å². The number of rotatable bonds is 5. The fraction of sp³-hybridized carbons (Fsp3) is 0.750. The van der Waals surface area contributed by atoms with Gasteiger partial charge in [-0.1, -0.05) is 6.42 Å². The Morgan fingerprint density at radius 3 is 2.81 bits per heavy atom. The molecular formula is C12H21N5O3S. The number of aromatic amines is 1. The zero-order chi connectivity index (χ0) is 15.5. The van der Waals surface area contributed by atoms with Crippen LogP contribution in [-0.2, 0) is 10.0 Å². The quantitative estimate of drug-likeness (QED) is 0.798. The number of aromatic nitrogens is 3. The third-order valence-electron chi connectivity index (χ3n) is 3.70. The van der Waals surface area contributed by atoms with E-state index in [1.54, 1.807) is 11.2 Å². The summed E-state index contributed by atoms with van der Waals surface area (Å²) in [7, 11) is -3.18. The molecule has 2 rings (SSSR count). The summed E-state index contributed by atoms with van der Waals surface area (Å²) >= 11 is 0. The fourth-order valence-electron chi connectivity index (χ4n) is 2.63. The van der Waals surface area contributed by atoms with Crippen molar-refractivity contribution in [1.29, 1.82) is 0 Å². The topological polar surface area (TPSA) is 108 Å². The van der Waals surface area contributed by atoms with Gasteiger partial charge in [0.15, 0.2) is 5.69 Å². The lowest BCUT2D eigenvalue weighted by Crippen LogP contribution is -2.44. The molecule has 1 amide bonds. The predicted molar refractivity (Wildman–Crippen MR) is 77.3 cm³/mol. The third kappa shape index (κ3) is 4.01. The van der Waals surface area contributed by atoms with Crippen molar-refractivity contribution in [1.82, 2.24) is 25.0 Å². The molecule has 8 nitrogen and oxygen atoms in total. The molecule has 118 valence electrons. The summed E-state index contributed by atoms with van der Waals surface area (Å²) in [5, 5.41) is 12.7. The zero-order valence-electron chi connectivity index (χ0n) is 12.3. The van der Waals surface area contributed by atoms with E-state index in [4.69, 9.17) is 0 Å². The van der Waals surface area contributed by atoms with Crippen LogP contribution in [0.5, 0.6) is 0 Å². The van der Waals surface area contributed by atoms with Crippen LogP contribution < -0.4 is 5.32 Å². The molecule has 1 aromatic heterocycles. The minimum absolute atomic E-state index is 0.0348. The average Bonchev–Trinajstić information content (AvgIpc) is 2.84. The molecule has 0 spiro atoms. The van der Waals surface area contributed by atoms with E-state index < -0.39 is 10.0 Å². The molecule has 0 aromatic carbocycles. The summed E-state index contributed by atoms with van der Waals surface area (Å²) in [5.74, 6) is -0.289. The van der Waals surface area contributed by atoms with Gasteiger partial charge in [0.2, 0.25) is 10.0 Å². The first-order valence-electron chi connectivity index (χ1n) is 7.02. The molecular weight excluding hydrogens is 294 g/mol. The molecule has 1 atom stereocenters. The number of hydrogen-bond acceptors (Lipinski definition) is 5. The van der Waals surface area contributed by atoms with Crippen LogP contribution in [0.15, 0.2) is 0 Å². The highest BCUT2D eigenvalue weighted by atomic mass is 32.2. The van der Waals surface area contributed by atoms with E-state index in [0.717, 1.165) is 19.3 Å². The molecule has 0 aliphatic carbocycles. The van der Waals surface area contributed by atoms with Crippen molar-refractivity contribution in [2.75, 3.05) is 19.3 Å². The second kappa shape index (κ2) is 6.52. The van der Waals surface area contributed by atoms with Gasteiger partial charge in [0, 0.05) is 19.1 Å². The first kappa shape index (κ1) is 15.9. The predicted octanol–water partition coefficient (Wildman–Crippen LogP) is 0.0471. The number of H-pyrrole nitrogens is 1. The molecule has 1 fully saturated rings. The van der Waals surface area contributed by atoms with Gasteiger partial charge in [-0.15, -0.1) is 0 Å². The van der Waals surface area contributed by atoms with Crippen LogP contribution in [0.3, 0.4) is 0 Å². The number of carbonyl (C=O) groups excluding carboxylic acids is 1. The summed E-state index contributed by atoms with van der Waals surface area (Å²) in [6, 6.07) is -0.0348. The molecule has 21 heavy (non-hydrogen) atoms. The standard InChI is InChI=1S/C12H21N5O3S/c1-9-11(15-16-14-9)12(18)13-7-6-10-5-3-4-8-17(10)21(2,19)20/h10H,3-8H2,1-2H3,(H,13,18)(H,14,15,16)/t10-/m1/s1. The highest BCUT2D eigenvalue weighted by Crippen LogP contribution is 2.21.